The van der Waals surface area contributed by atoms with Crippen LogP contribution in [-0.2, 0) is 25.0 Å². The van der Waals surface area contributed by atoms with Crippen molar-refractivity contribution >= 4 is 18.9 Å². The van der Waals surface area contributed by atoms with E-state index in [0.717, 1.165) is 5.56 Å². The van der Waals surface area contributed by atoms with Crippen molar-refractivity contribution in [3.05, 3.63) is 65.7 Å². The smallest absolute Gasteiger partial charge is 0.362 e. The topological polar surface area (TPSA) is 61.8 Å². The summed E-state index contributed by atoms with van der Waals surface area (Å²) in [5.41, 5.74) is 1.07. The molecule has 0 amide bonds. The fraction of sp³-hybridized carbons (Fsp3) is 0.278. The Bertz CT molecular complexity index is 704. The van der Waals surface area contributed by atoms with E-state index in [1.54, 1.807) is 38.1 Å². The van der Waals surface area contributed by atoms with E-state index in [1.807, 2.05) is 30.3 Å². The van der Waals surface area contributed by atoms with Crippen LogP contribution in [0, 0.1) is 0 Å². The van der Waals surface area contributed by atoms with Gasteiger partial charge in [-0.15, -0.1) is 0 Å². The van der Waals surface area contributed by atoms with E-state index >= 15 is 0 Å². The zero-order chi connectivity index (χ0) is 17.4. The molecule has 0 fully saturated rings. The van der Waals surface area contributed by atoms with Crippen LogP contribution < -0.4 is 5.30 Å². The third-order valence-corrected chi connectivity index (χ3v) is 5.41. The van der Waals surface area contributed by atoms with Gasteiger partial charge < -0.3 is 13.8 Å². The Morgan fingerprint density at radius 1 is 0.917 bits per heavy atom. The molecule has 0 radical (unpaired) electrons. The second-order valence-corrected chi connectivity index (χ2v) is 6.91. The Hall–Kier alpha value is -1.94. The number of benzene rings is 2. The van der Waals surface area contributed by atoms with Gasteiger partial charge in [0.1, 0.15) is 6.61 Å². The van der Waals surface area contributed by atoms with Crippen molar-refractivity contribution in [3.63, 3.8) is 0 Å². The Kier molecular flexibility index (Phi) is 6.73. The molecule has 0 saturated carbocycles. The Balaban J connectivity index is 2.24. The molecule has 0 N–H and O–H groups in total. The molecule has 0 unspecified atom stereocenters. The van der Waals surface area contributed by atoms with Gasteiger partial charge in [0.2, 0.25) is 0 Å². The fourth-order valence-corrected chi connectivity index (χ4v) is 3.96. The van der Waals surface area contributed by atoms with Gasteiger partial charge in [0.25, 0.3) is 0 Å². The molecule has 128 valence electrons. The lowest BCUT2D eigenvalue weighted by molar-refractivity contribution is 0.0473. The van der Waals surface area contributed by atoms with Crippen LogP contribution in [0.4, 0.5) is 0 Å². The second kappa shape index (κ2) is 8.78. The van der Waals surface area contributed by atoms with Gasteiger partial charge >= 0.3 is 13.6 Å². The average molecular weight is 348 g/mol. The molecule has 6 heteroatoms. The number of ether oxygens (including phenoxy) is 1. The third kappa shape index (κ3) is 4.54. The summed E-state index contributed by atoms with van der Waals surface area (Å²) < 4.78 is 29.0. The number of carbonyl (C=O) groups is 1. The maximum absolute atomic E-state index is 13.0. The van der Waals surface area contributed by atoms with Crippen LogP contribution in [0.2, 0.25) is 0 Å². The maximum atomic E-state index is 13.0. The van der Waals surface area contributed by atoms with Crippen molar-refractivity contribution in [1.29, 1.82) is 0 Å². The van der Waals surface area contributed by atoms with Crippen LogP contribution in [0.25, 0.3) is 0 Å². The molecular weight excluding hydrogens is 327 g/mol. The lowest BCUT2D eigenvalue weighted by atomic mass is 10.2. The first-order valence-electron chi connectivity index (χ1n) is 7.80. The van der Waals surface area contributed by atoms with Crippen molar-refractivity contribution < 1.29 is 23.1 Å². The maximum Gasteiger partial charge on any atom is 0.362 e. The largest absolute Gasteiger partial charge is 0.457 e. The summed E-state index contributed by atoms with van der Waals surface area (Å²) in [7, 11) is -3.56. The highest BCUT2D eigenvalue weighted by molar-refractivity contribution is 7.62. The first-order chi connectivity index (χ1) is 11.6. The summed E-state index contributed by atoms with van der Waals surface area (Å²) in [6.45, 7) is 4.01. The van der Waals surface area contributed by atoms with Crippen LogP contribution in [-0.4, -0.2) is 19.2 Å². The van der Waals surface area contributed by atoms with Gasteiger partial charge in [0, 0.05) is 0 Å². The van der Waals surface area contributed by atoms with E-state index in [9.17, 15) is 9.36 Å². The van der Waals surface area contributed by atoms with Crippen molar-refractivity contribution in [1.82, 2.24) is 0 Å². The molecule has 0 aromatic heterocycles. The van der Waals surface area contributed by atoms with Crippen LogP contribution in [0.5, 0.6) is 0 Å². The van der Waals surface area contributed by atoms with Crippen molar-refractivity contribution in [2.75, 3.05) is 13.2 Å². The minimum absolute atomic E-state index is 0.140. The third-order valence-electron chi connectivity index (χ3n) is 3.23. The lowest BCUT2D eigenvalue weighted by Crippen LogP contribution is -2.20. The number of carbonyl (C=O) groups excluding carboxylic acids is 1. The summed E-state index contributed by atoms with van der Waals surface area (Å²) in [4.78, 5) is 12.4. The molecule has 0 aliphatic rings. The molecule has 0 aliphatic carbocycles. The molecule has 2 rings (SSSR count). The van der Waals surface area contributed by atoms with Crippen molar-refractivity contribution in [2.24, 2.45) is 0 Å². The number of hydrogen-bond acceptors (Lipinski definition) is 5. The highest BCUT2D eigenvalue weighted by Gasteiger charge is 2.32. The van der Waals surface area contributed by atoms with Crippen LogP contribution in [0.15, 0.2) is 54.6 Å². The minimum atomic E-state index is -3.56. The molecule has 0 bridgehead atoms. The van der Waals surface area contributed by atoms with Gasteiger partial charge in [-0.3, -0.25) is 4.57 Å². The SMILES string of the molecule is CCOP(=O)(OCC)c1ccccc1C(=O)OCc1ccccc1. The summed E-state index contributed by atoms with van der Waals surface area (Å²) in [6, 6.07) is 15.9. The number of hydrogen-bond donors (Lipinski definition) is 0. The van der Waals surface area contributed by atoms with E-state index in [4.69, 9.17) is 13.8 Å². The molecule has 0 spiro atoms. The van der Waals surface area contributed by atoms with E-state index in [2.05, 4.69) is 0 Å². The van der Waals surface area contributed by atoms with Crippen LogP contribution >= 0.6 is 7.60 Å². The first-order valence-corrected chi connectivity index (χ1v) is 9.34. The number of esters is 1. The zero-order valence-corrected chi connectivity index (χ0v) is 14.7. The highest BCUT2D eigenvalue weighted by Crippen LogP contribution is 2.47. The van der Waals surface area contributed by atoms with Crippen molar-refractivity contribution in [3.8, 4) is 0 Å². The Labute approximate surface area is 142 Å². The molecule has 5 nitrogen and oxygen atoms in total. The van der Waals surface area contributed by atoms with Gasteiger partial charge in [-0.2, -0.15) is 0 Å². The summed E-state index contributed by atoms with van der Waals surface area (Å²) in [5.74, 6) is -0.561. The molecule has 0 saturated heterocycles. The second-order valence-electron chi connectivity index (χ2n) is 4.91. The lowest BCUT2D eigenvalue weighted by Gasteiger charge is -2.19. The molecule has 0 aliphatic heterocycles. The zero-order valence-electron chi connectivity index (χ0n) is 13.8. The van der Waals surface area contributed by atoms with Gasteiger partial charge in [-0.25, -0.2) is 4.79 Å². The summed E-state index contributed by atoms with van der Waals surface area (Å²) in [5, 5.41) is 0.228. The number of rotatable bonds is 8. The van der Waals surface area contributed by atoms with E-state index in [1.165, 1.54) is 0 Å². The average Bonchev–Trinajstić information content (AvgIpc) is 2.61. The summed E-state index contributed by atoms with van der Waals surface area (Å²) >= 11 is 0. The van der Waals surface area contributed by atoms with Crippen molar-refractivity contribution in [2.45, 2.75) is 20.5 Å². The van der Waals surface area contributed by atoms with Gasteiger partial charge in [-0.05, 0) is 31.5 Å². The van der Waals surface area contributed by atoms with Crippen LogP contribution in [0.3, 0.4) is 0 Å². The molecule has 24 heavy (non-hydrogen) atoms. The predicted molar refractivity (Wildman–Crippen MR) is 92.5 cm³/mol. The molecule has 0 atom stereocenters. The minimum Gasteiger partial charge on any atom is -0.457 e. The molecule has 0 heterocycles. The Morgan fingerprint density at radius 3 is 2.12 bits per heavy atom. The van der Waals surface area contributed by atoms with Gasteiger partial charge in [0.15, 0.2) is 0 Å². The quantitative estimate of drug-likeness (QED) is 0.534. The molecular formula is C18H21O5P. The molecule has 2 aromatic carbocycles. The van der Waals surface area contributed by atoms with Gasteiger partial charge in [0.05, 0.1) is 24.1 Å². The predicted octanol–water partition coefficient (Wildman–Crippen LogP) is 3.94. The fourth-order valence-electron chi connectivity index (χ4n) is 2.20. The first kappa shape index (κ1) is 18.4. The van der Waals surface area contributed by atoms with Crippen LogP contribution in [0.1, 0.15) is 29.8 Å². The van der Waals surface area contributed by atoms with Gasteiger partial charge in [-0.1, -0.05) is 42.5 Å². The monoisotopic (exact) mass is 348 g/mol. The van der Waals surface area contributed by atoms with E-state index in [-0.39, 0.29) is 30.7 Å². The van der Waals surface area contributed by atoms with E-state index < -0.39 is 13.6 Å². The Morgan fingerprint density at radius 2 is 1.50 bits per heavy atom. The molecule has 2 aromatic rings. The summed E-state index contributed by atoms with van der Waals surface area (Å²) in [6.07, 6.45) is 0. The van der Waals surface area contributed by atoms with E-state index in [0.29, 0.717) is 0 Å². The highest BCUT2D eigenvalue weighted by atomic mass is 31.2. The standard InChI is InChI=1S/C18H21O5P/c1-3-22-24(20,23-4-2)17-13-9-8-12-16(17)18(19)21-14-15-10-6-5-7-11-15/h5-13H,3-4,14H2,1-2H3. The normalized spacial score (nSPS) is 11.2.